The molecule has 1 aliphatic rings. The number of piperidine rings is 1. The van der Waals surface area contributed by atoms with Crippen molar-refractivity contribution in [3.8, 4) is 10.4 Å². The van der Waals surface area contributed by atoms with Crippen molar-refractivity contribution in [2.24, 2.45) is 0 Å². The van der Waals surface area contributed by atoms with Crippen LogP contribution in [0.25, 0.3) is 16.1 Å². The highest BCUT2D eigenvalue weighted by molar-refractivity contribution is 7.15. The Labute approximate surface area is 186 Å². The molecule has 0 aliphatic carbocycles. The number of imidazole rings is 1. The first-order chi connectivity index (χ1) is 15.1. The van der Waals surface area contributed by atoms with Crippen molar-refractivity contribution in [2.75, 3.05) is 6.54 Å². The van der Waals surface area contributed by atoms with Gasteiger partial charge in [0.05, 0.1) is 15.6 Å². The molecule has 0 saturated carbocycles. The number of aromatic nitrogens is 3. The minimum absolute atomic E-state index is 0.0503. The van der Waals surface area contributed by atoms with Crippen molar-refractivity contribution in [3.05, 3.63) is 76.8 Å². The fourth-order valence-electron chi connectivity index (χ4n) is 4.56. The number of fused-ring (bicyclic) bond motifs is 1. The molecule has 6 heteroatoms. The van der Waals surface area contributed by atoms with Gasteiger partial charge in [0, 0.05) is 30.9 Å². The topological polar surface area (TPSA) is 50.5 Å². The fraction of sp³-hybridized carbons (Fsp3) is 0.320. The molecule has 158 valence electrons. The lowest BCUT2D eigenvalue weighted by atomic mass is 9.96. The van der Waals surface area contributed by atoms with Gasteiger partial charge in [0.2, 0.25) is 0 Å². The smallest absolute Gasteiger partial charge is 0.274 e. The van der Waals surface area contributed by atoms with Gasteiger partial charge < -0.3 is 9.30 Å². The summed E-state index contributed by atoms with van der Waals surface area (Å²) in [5, 5.41) is 0.923. The molecular formula is C25H26N4OS. The van der Waals surface area contributed by atoms with Gasteiger partial charge in [-0.15, -0.1) is 11.3 Å². The molecule has 0 spiro atoms. The summed E-state index contributed by atoms with van der Waals surface area (Å²) < 4.78 is 2.13. The molecule has 31 heavy (non-hydrogen) atoms. The van der Waals surface area contributed by atoms with Crippen LogP contribution >= 0.6 is 11.3 Å². The predicted molar refractivity (Wildman–Crippen MR) is 125 cm³/mol. The Balaban J connectivity index is 1.46. The molecular weight excluding hydrogens is 404 g/mol. The second kappa shape index (κ2) is 8.27. The average Bonchev–Trinajstić information content (AvgIpc) is 3.34. The Bertz CT molecular complexity index is 1230. The molecule has 5 nitrogen and oxygen atoms in total. The van der Waals surface area contributed by atoms with Gasteiger partial charge in [-0.3, -0.25) is 4.79 Å². The van der Waals surface area contributed by atoms with Crippen LogP contribution in [0.3, 0.4) is 0 Å². The molecule has 0 unspecified atom stereocenters. The van der Waals surface area contributed by atoms with Crippen LogP contribution in [-0.2, 0) is 6.42 Å². The number of nitrogens with zero attached hydrogens (tertiary/aromatic N) is 4. The second-order valence-electron chi connectivity index (χ2n) is 8.20. The SMILES string of the molecule is Cc1nc(C(=O)N2CCCC[C@H]2Cc2nc3ccccn3c2C)c(-c2ccccc2)s1. The fourth-order valence-corrected chi connectivity index (χ4v) is 5.47. The quantitative estimate of drug-likeness (QED) is 0.441. The zero-order chi connectivity index (χ0) is 21.4. The van der Waals surface area contributed by atoms with E-state index in [9.17, 15) is 4.79 Å². The van der Waals surface area contributed by atoms with E-state index in [1.54, 1.807) is 11.3 Å². The van der Waals surface area contributed by atoms with Crippen molar-refractivity contribution >= 4 is 22.9 Å². The van der Waals surface area contributed by atoms with Crippen molar-refractivity contribution < 1.29 is 4.79 Å². The molecule has 3 aromatic heterocycles. The first-order valence-corrected chi connectivity index (χ1v) is 11.7. The van der Waals surface area contributed by atoms with Gasteiger partial charge in [-0.2, -0.15) is 0 Å². The summed E-state index contributed by atoms with van der Waals surface area (Å²) in [6.07, 6.45) is 6.01. The van der Waals surface area contributed by atoms with E-state index in [0.29, 0.717) is 5.69 Å². The number of hydrogen-bond acceptors (Lipinski definition) is 4. The third-order valence-corrected chi connectivity index (χ3v) is 7.18. The third kappa shape index (κ3) is 3.76. The Morgan fingerprint density at radius 1 is 1.06 bits per heavy atom. The molecule has 1 saturated heterocycles. The monoisotopic (exact) mass is 430 g/mol. The summed E-state index contributed by atoms with van der Waals surface area (Å²) in [6.45, 7) is 4.87. The van der Waals surface area contributed by atoms with Gasteiger partial charge in [-0.25, -0.2) is 9.97 Å². The maximum atomic E-state index is 13.7. The summed E-state index contributed by atoms with van der Waals surface area (Å²) >= 11 is 1.60. The number of likely N-dealkylation sites (tertiary alicyclic amines) is 1. The number of hydrogen-bond donors (Lipinski definition) is 0. The highest BCUT2D eigenvalue weighted by Gasteiger charge is 2.32. The predicted octanol–water partition coefficient (Wildman–Crippen LogP) is 5.31. The van der Waals surface area contributed by atoms with Crippen LogP contribution in [0.5, 0.6) is 0 Å². The van der Waals surface area contributed by atoms with Gasteiger partial charge >= 0.3 is 0 Å². The van der Waals surface area contributed by atoms with E-state index in [2.05, 4.69) is 34.6 Å². The maximum Gasteiger partial charge on any atom is 0.274 e. The average molecular weight is 431 g/mol. The molecule has 1 fully saturated rings. The molecule has 0 N–H and O–H groups in total. The highest BCUT2D eigenvalue weighted by atomic mass is 32.1. The molecule has 4 aromatic rings. The van der Waals surface area contributed by atoms with Gasteiger partial charge in [-0.05, 0) is 50.8 Å². The first kappa shape index (κ1) is 19.9. The highest BCUT2D eigenvalue weighted by Crippen LogP contribution is 2.32. The number of carbonyl (C=O) groups excluding carboxylic acids is 1. The molecule has 0 radical (unpaired) electrons. The second-order valence-corrected chi connectivity index (χ2v) is 9.40. The van der Waals surface area contributed by atoms with E-state index in [0.717, 1.165) is 64.7 Å². The molecule has 5 rings (SSSR count). The molecule has 1 amide bonds. The zero-order valence-electron chi connectivity index (χ0n) is 17.9. The van der Waals surface area contributed by atoms with Gasteiger partial charge in [0.1, 0.15) is 11.3 Å². The Morgan fingerprint density at radius 2 is 1.87 bits per heavy atom. The number of pyridine rings is 1. The molecule has 1 aromatic carbocycles. The van der Waals surface area contributed by atoms with E-state index < -0.39 is 0 Å². The van der Waals surface area contributed by atoms with Crippen molar-refractivity contribution in [1.82, 2.24) is 19.3 Å². The largest absolute Gasteiger partial charge is 0.334 e. The minimum atomic E-state index is 0.0503. The van der Waals surface area contributed by atoms with Crippen LogP contribution in [0.1, 0.15) is 46.1 Å². The number of benzene rings is 1. The molecule has 0 bridgehead atoms. The Morgan fingerprint density at radius 3 is 2.68 bits per heavy atom. The van der Waals surface area contributed by atoms with Crippen LogP contribution < -0.4 is 0 Å². The van der Waals surface area contributed by atoms with Gasteiger partial charge in [0.15, 0.2) is 0 Å². The summed E-state index contributed by atoms with van der Waals surface area (Å²) in [4.78, 5) is 26.2. The minimum Gasteiger partial charge on any atom is -0.334 e. The third-order valence-electron chi connectivity index (χ3n) is 6.16. The van der Waals surface area contributed by atoms with Crippen LogP contribution in [0.15, 0.2) is 54.7 Å². The van der Waals surface area contributed by atoms with Gasteiger partial charge in [-0.1, -0.05) is 36.4 Å². The number of carbonyl (C=O) groups is 1. The first-order valence-electron chi connectivity index (χ1n) is 10.9. The lowest BCUT2D eigenvalue weighted by Gasteiger charge is -2.35. The summed E-state index contributed by atoms with van der Waals surface area (Å²) in [6, 6.07) is 16.3. The van der Waals surface area contributed by atoms with Crippen molar-refractivity contribution in [1.29, 1.82) is 0 Å². The van der Waals surface area contributed by atoms with Crippen LogP contribution in [-0.4, -0.2) is 37.8 Å². The molecule has 4 heterocycles. The van der Waals surface area contributed by atoms with Crippen molar-refractivity contribution in [2.45, 2.75) is 45.6 Å². The Kier molecular flexibility index (Phi) is 5.32. The van der Waals surface area contributed by atoms with E-state index in [1.807, 2.05) is 48.2 Å². The van der Waals surface area contributed by atoms with E-state index in [-0.39, 0.29) is 11.9 Å². The standard InChI is InChI=1S/C25H26N4OS/c1-17-21(27-22-13-7-9-14-28(17)22)16-20-12-6-8-15-29(20)25(30)23-24(31-18(2)26-23)19-10-4-3-5-11-19/h3-5,7,9-11,13-14,20H,6,8,12,15-16H2,1-2H3/t20-/m0/s1. The van der Waals surface area contributed by atoms with Crippen LogP contribution in [0.2, 0.25) is 0 Å². The zero-order valence-corrected chi connectivity index (χ0v) is 18.7. The summed E-state index contributed by atoms with van der Waals surface area (Å²) in [5.74, 6) is 0.0503. The molecule has 1 atom stereocenters. The van der Waals surface area contributed by atoms with E-state index in [4.69, 9.17) is 4.98 Å². The maximum absolute atomic E-state index is 13.7. The molecule has 1 aliphatic heterocycles. The van der Waals surface area contributed by atoms with Gasteiger partial charge in [0.25, 0.3) is 5.91 Å². The van der Waals surface area contributed by atoms with Crippen LogP contribution in [0, 0.1) is 13.8 Å². The lowest BCUT2D eigenvalue weighted by Crippen LogP contribution is -2.45. The number of rotatable bonds is 4. The number of amides is 1. The Hall–Kier alpha value is -2.99. The summed E-state index contributed by atoms with van der Waals surface area (Å²) in [5.41, 5.74) is 4.84. The van der Waals surface area contributed by atoms with Crippen molar-refractivity contribution in [3.63, 3.8) is 0 Å². The van der Waals surface area contributed by atoms with E-state index in [1.165, 1.54) is 0 Å². The lowest BCUT2D eigenvalue weighted by molar-refractivity contribution is 0.0607. The normalized spacial score (nSPS) is 16.7. The summed E-state index contributed by atoms with van der Waals surface area (Å²) in [7, 11) is 0. The van der Waals surface area contributed by atoms with Crippen LogP contribution in [0.4, 0.5) is 0 Å². The van der Waals surface area contributed by atoms with E-state index >= 15 is 0 Å². The number of aryl methyl sites for hydroxylation is 2. The number of thiazole rings is 1.